The number of carbonyl (C=O) groups is 1. The minimum absolute atomic E-state index is 0.0835. The third-order valence-electron chi connectivity index (χ3n) is 3.75. The van der Waals surface area contributed by atoms with Gasteiger partial charge in [-0.15, -0.1) is 0 Å². The summed E-state index contributed by atoms with van der Waals surface area (Å²) in [5.41, 5.74) is 1.95. The standard InChI is InChI=1S/C19H19F4NO2/c1-3-8-24(10-13-6-4-12(2)5-7-13)16(25)11-26-19-17(22)14(20)9-15(21)18(19)23/h4-7,9H,3,8,10-11H2,1-2H3. The molecule has 0 aliphatic carbocycles. The van der Waals surface area contributed by atoms with Gasteiger partial charge in [0.15, 0.2) is 24.0 Å². The minimum atomic E-state index is -1.67. The van der Waals surface area contributed by atoms with Gasteiger partial charge in [-0.2, -0.15) is 8.78 Å². The lowest BCUT2D eigenvalue weighted by Gasteiger charge is -2.22. The molecule has 7 heteroatoms. The molecule has 0 radical (unpaired) electrons. The van der Waals surface area contributed by atoms with Gasteiger partial charge in [0.2, 0.25) is 11.6 Å². The van der Waals surface area contributed by atoms with Crippen LogP contribution in [0.25, 0.3) is 0 Å². The summed E-state index contributed by atoms with van der Waals surface area (Å²) in [7, 11) is 0. The third-order valence-corrected chi connectivity index (χ3v) is 3.75. The Morgan fingerprint density at radius 1 is 1.04 bits per heavy atom. The predicted octanol–water partition coefficient (Wildman–Crippen LogP) is 4.37. The van der Waals surface area contributed by atoms with E-state index in [1.54, 1.807) is 0 Å². The second-order valence-electron chi connectivity index (χ2n) is 5.89. The molecular weight excluding hydrogens is 350 g/mol. The zero-order valence-corrected chi connectivity index (χ0v) is 14.5. The Morgan fingerprint density at radius 2 is 1.62 bits per heavy atom. The predicted molar refractivity (Wildman–Crippen MR) is 88.7 cm³/mol. The van der Waals surface area contributed by atoms with E-state index in [9.17, 15) is 22.4 Å². The van der Waals surface area contributed by atoms with Gasteiger partial charge in [-0.3, -0.25) is 4.79 Å². The zero-order chi connectivity index (χ0) is 19.3. The molecule has 0 N–H and O–H groups in total. The average Bonchev–Trinajstić information content (AvgIpc) is 2.61. The topological polar surface area (TPSA) is 29.5 Å². The molecule has 0 atom stereocenters. The van der Waals surface area contributed by atoms with Crippen molar-refractivity contribution in [1.82, 2.24) is 4.90 Å². The van der Waals surface area contributed by atoms with Crippen LogP contribution in [0.5, 0.6) is 5.75 Å². The third kappa shape index (κ3) is 4.74. The molecule has 2 aromatic rings. The molecule has 0 saturated heterocycles. The van der Waals surface area contributed by atoms with Crippen LogP contribution in [0, 0.1) is 30.2 Å². The molecule has 1 amide bonds. The van der Waals surface area contributed by atoms with Crippen molar-refractivity contribution in [2.24, 2.45) is 0 Å². The highest BCUT2D eigenvalue weighted by Gasteiger charge is 2.22. The Bertz CT molecular complexity index is 752. The number of ether oxygens (including phenoxy) is 1. The largest absolute Gasteiger partial charge is 0.477 e. The van der Waals surface area contributed by atoms with E-state index in [1.807, 2.05) is 38.1 Å². The van der Waals surface area contributed by atoms with Crippen molar-refractivity contribution in [1.29, 1.82) is 0 Å². The van der Waals surface area contributed by atoms with E-state index < -0.39 is 41.5 Å². The van der Waals surface area contributed by atoms with Gasteiger partial charge in [0.1, 0.15) is 0 Å². The van der Waals surface area contributed by atoms with E-state index in [1.165, 1.54) is 4.90 Å². The van der Waals surface area contributed by atoms with E-state index in [0.717, 1.165) is 11.1 Å². The number of amides is 1. The van der Waals surface area contributed by atoms with Crippen LogP contribution in [-0.2, 0) is 11.3 Å². The first-order chi connectivity index (χ1) is 12.3. The van der Waals surface area contributed by atoms with Crippen LogP contribution in [0.1, 0.15) is 24.5 Å². The van der Waals surface area contributed by atoms with Crippen LogP contribution in [0.3, 0.4) is 0 Å². The van der Waals surface area contributed by atoms with Crippen molar-refractivity contribution in [3.8, 4) is 5.75 Å². The second-order valence-corrected chi connectivity index (χ2v) is 5.89. The minimum Gasteiger partial charge on any atom is -0.477 e. The number of hydrogen-bond acceptors (Lipinski definition) is 2. The molecule has 0 bridgehead atoms. The number of rotatable bonds is 7. The van der Waals surface area contributed by atoms with E-state index >= 15 is 0 Å². The maximum Gasteiger partial charge on any atom is 0.260 e. The van der Waals surface area contributed by atoms with E-state index in [0.29, 0.717) is 19.5 Å². The number of aryl methyl sites for hydroxylation is 1. The van der Waals surface area contributed by atoms with E-state index in [-0.39, 0.29) is 6.07 Å². The Balaban J connectivity index is 2.09. The second kappa shape index (κ2) is 8.69. The SMILES string of the molecule is CCCN(Cc1ccc(C)cc1)C(=O)COc1c(F)c(F)cc(F)c1F. The van der Waals surface area contributed by atoms with Crippen LogP contribution in [0.4, 0.5) is 17.6 Å². The van der Waals surface area contributed by atoms with Crippen LogP contribution in [-0.4, -0.2) is 24.0 Å². The molecule has 0 spiro atoms. The molecular formula is C19H19F4NO2. The quantitative estimate of drug-likeness (QED) is 0.536. The molecule has 0 saturated carbocycles. The molecule has 0 aromatic heterocycles. The van der Waals surface area contributed by atoms with Crippen LogP contribution in [0.2, 0.25) is 0 Å². The molecule has 140 valence electrons. The fraction of sp³-hybridized carbons (Fsp3) is 0.316. The first-order valence-corrected chi connectivity index (χ1v) is 8.12. The lowest BCUT2D eigenvalue weighted by molar-refractivity contribution is -0.134. The van der Waals surface area contributed by atoms with Gasteiger partial charge in [0, 0.05) is 19.2 Å². The van der Waals surface area contributed by atoms with Gasteiger partial charge in [0.25, 0.3) is 5.91 Å². The van der Waals surface area contributed by atoms with Crippen molar-refractivity contribution in [2.75, 3.05) is 13.2 Å². The Labute approximate surface area is 149 Å². The maximum absolute atomic E-state index is 13.6. The van der Waals surface area contributed by atoms with Crippen molar-refractivity contribution in [3.63, 3.8) is 0 Å². The summed E-state index contributed by atoms with van der Waals surface area (Å²) in [6.07, 6.45) is 0.662. The van der Waals surface area contributed by atoms with Gasteiger partial charge < -0.3 is 9.64 Å². The Hall–Kier alpha value is -2.57. The molecule has 0 aliphatic heterocycles. The highest BCUT2D eigenvalue weighted by Crippen LogP contribution is 2.26. The molecule has 2 aromatic carbocycles. The van der Waals surface area contributed by atoms with Crippen LogP contribution >= 0.6 is 0 Å². The van der Waals surface area contributed by atoms with Crippen molar-refractivity contribution < 1.29 is 27.1 Å². The molecule has 0 heterocycles. The monoisotopic (exact) mass is 369 g/mol. The Morgan fingerprint density at radius 3 is 2.15 bits per heavy atom. The highest BCUT2D eigenvalue weighted by molar-refractivity contribution is 5.77. The van der Waals surface area contributed by atoms with Gasteiger partial charge in [0.05, 0.1) is 0 Å². The fourth-order valence-corrected chi connectivity index (χ4v) is 2.38. The molecule has 0 unspecified atom stereocenters. The molecule has 3 nitrogen and oxygen atoms in total. The summed E-state index contributed by atoms with van der Waals surface area (Å²) < 4.78 is 58.3. The van der Waals surface area contributed by atoms with Gasteiger partial charge in [-0.05, 0) is 18.9 Å². The molecule has 26 heavy (non-hydrogen) atoms. The van der Waals surface area contributed by atoms with Crippen LogP contribution in [0.15, 0.2) is 30.3 Å². The van der Waals surface area contributed by atoms with Gasteiger partial charge in [-0.25, -0.2) is 8.78 Å². The zero-order valence-electron chi connectivity index (χ0n) is 14.5. The van der Waals surface area contributed by atoms with Gasteiger partial charge in [-0.1, -0.05) is 36.8 Å². The van der Waals surface area contributed by atoms with Crippen molar-refractivity contribution in [3.05, 3.63) is 64.7 Å². The number of nitrogens with zero attached hydrogens (tertiary/aromatic N) is 1. The van der Waals surface area contributed by atoms with Crippen molar-refractivity contribution in [2.45, 2.75) is 26.8 Å². The summed E-state index contributed by atoms with van der Waals surface area (Å²) in [5.74, 6) is -8.29. The maximum atomic E-state index is 13.6. The summed E-state index contributed by atoms with van der Waals surface area (Å²) in [5, 5.41) is 0. The molecule has 0 fully saturated rings. The van der Waals surface area contributed by atoms with E-state index in [2.05, 4.69) is 0 Å². The van der Waals surface area contributed by atoms with Crippen molar-refractivity contribution >= 4 is 5.91 Å². The highest BCUT2D eigenvalue weighted by atomic mass is 19.2. The summed E-state index contributed by atoms with van der Waals surface area (Å²) in [6.45, 7) is 3.77. The Kier molecular flexibility index (Phi) is 6.60. The first kappa shape index (κ1) is 19.8. The molecule has 0 aliphatic rings. The number of hydrogen-bond donors (Lipinski definition) is 0. The summed E-state index contributed by atoms with van der Waals surface area (Å²) in [6, 6.07) is 7.63. The smallest absolute Gasteiger partial charge is 0.260 e. The first-order valence-electron chi connectivity index (χ1n) is 8.12. The number of halogens is 4. The lowest BCUT2D eigenvalue weighted by atomic mass is 10.1. The lowest BCUT2D eigenvalue weighted by Crippen LogP contribution is -2.35. The fourth-order valence-electron chi connectivity index (χ4n) is 2.38. The number of carbonyl (C=O) groups excluding carboxylic acids is 1. The normalized spacial score (nSPS) is 10.7. The number of benzene rings is 2. The van der Waals surface area contributed by atoms with Gasteiger partial charge >= 0.3 is 0 Å². The summed E-state index contributed by atoms with van der Waals surface area (Å²) in [4.78, 5) is 13.8. The average molecular weight is 369 g/mol. The summed E-state index contributed by atoms with van der Waals surface area (Å²) >= 11 is 0. The molecule has 2 rings (SSSR count). The van der Waals surface area contributed by atoms with E-state index in [4.69, 9.17) is 4.74 Å². The van der Waals surface area contributed by atoms with Crippen LogP contribution < -0.4 is 4.74 Å².